The number of aryl methyl sites for hydroxylation is 2. The van der Waals surface area contributed by atoms with E-state index in [1.807, 2.05) is 18.2 Å². The Morgan fingerprint density at radius 2 is 1.72 bits per heavy atom. The molecule has 0 fully saturated rings. The molecule has 0 aliphatic rings. The summed E-state index contributed by atoms with van der Waals surface area (Å²) in [6.07, 6.45) is 0. The molecule has 18 heavy (non-hydrogen) atoms. The van der Waals surface area contributed by atoms with E-state index < -0.39 is 0 Å². The zero-order valence-electron chi connectivity index (χ0n) is 10.4. The fraction of sp³-hybridized carbons (Fsp3) is 0.200. The van der Waals surface area contributed by atoms with Crippen LogP contribution >= 0.6 is 27.5 Å². The van der Waals surface area contributed by atoms with E-state index in [0.717, 1.165) is 15.6 Å². The largest absolute Gasteiger partial charge is 0.320 e. The number of halogens is 2. The van der Waals surface area contributed by atoms with Gasteiger partial charge in [-0.2, -0.15) is 0 Å². The first kappa shape index (κ1) is 13.6. The van der Waals surface area contributed by atoms with Gasteiger partial charge in [0.1, 0.15) is 0 Å². The van der Waals surface area contributed by atoms with E-state index in [-0.39, 0.29) is 6.04 Å². The molecule has 1 nitrogen and oxygen atoms in total. The van der Waals surface area contributed by atoms with Crippen molar-refractivity contribution in [1.29, 1.82) is 0 Å². The van der Waals surface area contributed by atoms with E-state index in [1.54, 1.807) is 0 Å². The second-order valence-electron chi connectivity index (χ2n) is 4.50. The molecule has 0 radical (unpaired) electrons. The van der Waals surface area contributed by atoms with Crippen LogP contribution in [0.15, 0.2) is 40.9 Å². The van der Waals surface area contributed by atoms with Crippen molar-refractivity contribution in [2.75, 3.05) is 0 Å². The fourth-order valence-electron chi connectivity index (χ4n) is 2.10. The van der Waals surface area contributed by atoms with E-state index in [1.165, 1.54) is 11.1 Å². The molecular formula is C15H15BrClN. The van der Waals surface area contributed by atoms with Crippen LogP contribution in [0.25, 0.3) is 0 Å². The van der Waals surface area contributed by atoms with E-state index in [9.17, 15) is 0 Å². The zero-order chi connectivity index (χ0) is 13.3. The van der Waals surface area contributed by atoms with Crippen LogP contribution in [0.4, 0.5) is 0 Å². The summed E-state index contributed by atoms with van der Waals surface area (Å²) < 4.78 is 0.962. The SMILES string of the molecule is Cc1ccc(C(N)c2ccc(Br)cc2Cl)c(C)c1. The van der Waals surface area contributed by atoms with Crippen LogP contribution < -0.4 is 5.73 Å². The van der Waals surface area contributed by atoms with Crippen LogP contribution in [0.5, 0.6) is 0 Å². The molecule has 0 saturated heterocycles. The van der Waals surface area contributed by atoms with Crippen molar-refractivity contribution < 1.29 is 0 Å². The average molecular weight is 325 g/mol. The van der Waals surface area contributed by atoms with Gasteiger partial charge >= 0.3 is 0 Å². The minimum absolute atomic E-state index is 0.189. The van der Waals surface area contributed by atoms with E-state index in [0.29, 0.717) is 5.02 Å². The molecule has 0 spiro atoms. The number of hydrogen-bond donors (Lipinski definition) is 1. The highest BCUT2D eigenvalue weighted by atomic mass is 79.9. The summed E-state index contributed by atoms with van der Waals surface area (Å²) in [4.78, 5) is 0. The minimum atomic E-state index is -0.189. The predicted molar refractivity (Wildman–Crippen MR) is 81.1 cm³/mol. The number of rotatable bonds is 2. The van der Waals surface area contributed by atoms with Crippen molar-refractivity contribution in [2.24, 2.45) is 5.73 Å². The normalized spacial score (nSPS) is 12.5. The van der Waals surface area contributed by atoms with E-state index in [4.69, 9.17) is 17.3 Å². The third-order valence-electron chi connectivity index (χ3n) is 3.06. The highest BCUT2D eigenvalue weighted by Gasteiger charge is 2.14. The summed E-state index contributed by atoms with van der Waals surface area (Å²) in [7, 11) is 0. The topological polar surface area (TPSA) is 26.0 Å². The number of nitrogens with two attached hydrogens (primary N) is 1. The van der Waals surface area contributed by atoms with E-state index in [2.05, 4.69) is 48.0 Å². The standard InChI is InChI=1S/C15H15BrClN/c1-9-3-5-12(10(2)7-9)15(18)13-6-4-11(16)8-14(13)17/h3-8,15H,18H2,1-2H3. The van der Waals surface area contributed by atoms with Gasteiger partial charge in [-0.05, 0) is 42.7 Å². The Morgan fingerprint density at radius 1 is 1.06 bits per heavy atom. The molecule has 2 rings (SSSR count). The van der Waals surface area contributed by atoms with Crippen molar-refractivity contribution in [3.05, 3.63) is 68.1 Å². The maximum Gasteiger partial charge on any atom is 0.0569 e. The fourth-order valence-corrected chi connectivity index (χ4v) is 2.89. The van der Waals surface area contributed by atoms with E-state index >= 15 is 0 Å². The highest BCUT2D eigenvalue weighted by molar-refractivity contribution is 9.10. The van der Waals surface area contributed by atoms with Gasteiger partial charge in [0.05, 0.1) is 6.04 Å². The average Bonchev–Trinajstić information content (AvgIpc) is 2.28. The Morgan fingerprint density at radius 3 is 2.33 bits per heavy atom. The van der Waals surface area contributed by atoms with Gasteiger partial charge in [-0.15, -0.1) is 0 Å². The van der Waals surface area contributed by atoms with Gasteiger partial charge in [0.25, 0.3) is 0 Å². The lowest BCUT2D eigenvalue weighted by atomic mass is 9.94. The summed E-state index contributed by atoms with van der Waals surface area (Å²) in [5, 5.41) is 0.692. The van der Waals surface area contributed by atoms with Crippen molar-refractivity contribution in [1.82, 2.24) is 0 Å². The first-order chi connectivity index (χ1) is 8.49. The van der Waals surface area contributed by atoms with Gasteiger partial charge < -0.3 is 5.73 Å². The molecule has 0 amide bonds. The third-order valence-corrected chi connectivity index (χ3v) is 3.88. The molecule has 2 aromatic rings. The van der Waals surface area contributed by atoms with Crippen LogP contribution in [-0.4, -0.2) is 0 Å². The lowest BCUT2D eigenvalue weighted by molar-refractivity contribution is 0.860. The molecule has 3 heteroatoms. The molecule has 0 aromatic heterocycles. The monoisotopic (exact) mass is 323 g/mol. The molecule has 0 aliphatic carbocycles. The summed E-state index contributed by atoms with van der Waals surface area (Å²) in [6, 6.07) is 11.9. The predicted octanol–water partition coefficient (Wildman–Crippen LogP) is 4.77. The Kier molecular flexibility index (Phi) is 4.10. The number of benzene rings is 2. The molecule has 94 valence electrons. The van der Waals surface area contributed by atoms with Crippen LogP contribution in [0.1, 0.15) is 28.3 Å². The summed E-state index contributed by atoms with van der Waals surface area (Å²) in [5.74, 6) is 0. The van der Waals surface area contributed by atoms with Gasteiger partial charge in [0, 0.05) is 9.50 Å². The molecule has 0 heterocycles. The van der Waals surface area contributed by atoms with Crippen LogP contribution in [-0.2, 0) is 0 Å². The summed E-state index contributed by atoms with van der Waals surface area (Å²) >= 11 is 9.65. The quantitative estimate of drug-likeness (QED) is 0.846. The van der Waals surface area contributed by atoms with Gasteiger partial charge in [-0.25, -0.2) is 0 Å². The molecular weight excluding hydrogens is 310 g/mol. The van der Waals surface area contributed by atoms with Crippen molar-refractivity contribution in [3.63, 3.8) is 0 Å². The van der Waals surface area contributed by atoms with Gasteiger partial charge in [-0.1, -0.05) is 57.4 Å². The zero-order valence-corrected chi connectivity index (χ0v) is 12.7. The van der Waals surface area contributed by atoms with Crippen molar-refractivity contribution in [2.45, 2.75) is 19.9 Å². The lowest BCUT2D eigenvalue weighted by Gasteiger charge is -2.17. The molecule has 1 unspecified atom stereocenters. The lowest BCUT2D eigenvalue weighted by Crippen LogP contribution is -2.13. The molecule has 0 saturated carbocycles. The maximum absolute atomic E-state index is 6.32. The first-order valence-electron chi connectivity index (χ1n) is 5.76. The maximum atomic E-state index is 6.32. The third kappa shape index (κ3) is 2.77. The Balaban J connectivity index is 2.44. The van der Waals surface area contributed by atoms with Crippen molar-refractivity contribution >= 4 is 27.5 Å². The Labute approximate surface area is 121 Å². The Bertz CT molecular complexity index is 529. The van der Waals surface area contributed by atoms with Crippen LogP contribution in [0, 0.1) is 13.8 Å². The van der Waals surface area contributed by atoms with Crippen LogP contribution in [0.3, 0.4) is 0 Å². The molecule has 1 atom stereocenters. The number of hydrogen-bond acceptors (Lipinski definition) is 1. The van der Waals surface area contributed by atoms with Crippen LogP contribution in [0.2, 0.25) is 5.02 Å². The smallest absolute Gasteiger partial charge is 0.0569 e. The van der Waals surface area contributed by atoms with Crippen molar-refractivity contribution in [3.8, 4) is 0 Å². The summed E-state index contributed by atoms with van der Waals surface area (Å²) in [5.41, 5.74) is 10.8. The second-order valence-corrected chi connectivity index (χ2v) is 5.83. The summed E-state index contributed by atoms with van der Waals surface area (Å²) in [6.45, 7) is 4.16. The Hall–Kier alpha value is -0.830. The molecule has 0 aliphatic heterocycles. The molecule has 2 aromatic carbocycles. The van der Waals surface area contributed by atoms with Gasteiger partial charge in [0.15, 0.2) is 0 Å². The first-order valence-corrected chi connectivity index (χ1v) is 6.94. The minimum Gasteiger partial charge on any atom is -0.320 e. The molecule has 0 bridgehead atoms. The van der Waals surface area contributed by atoms with Gasteiger partial charge in [-0.3, -0.25) is 0 Å². The highest BCUT2D eigenvalue weighted by Crippen LogP contribution is 2.30. The molecule has 2 N–H and O–H groups in total. The van der Waals surface area contributed by atoms with Gasteiger partial charge in [0.2, 0.25) is 0 Å². The second kappa shape index (κ2) is 5.43.